The predicted octanol–water partition coefficient (Wildman–Crippen LogP) is 3.31. The van der Waals surface area contributed by atoms with Crippen molar-refractivity contribution in [2.24, 2.45) is 14.1 Å². The maximum Gasteiger partial charge on any atom is 0.332 e. The number of nitrogens with zero attached hydrogens (tertiary/aromatic N) is 4. The smallest absolute Gasteiger partial charge is 0.296 e. The number of aryl methyl sites for hydroxylation is 1. The molecule has 1 N–H and O–H groups in total. The fourth-order valence-electron chi connectivity index (χ4n) is 3.35. The molecule has 164 valence electrons. The summed E-state index contributed by atoms with van der Waals surface area (Å²) in [5.74, 6) is -0.469. The second kappa shape index (κ2) is 7.83. The van der Waals surface area contributed by atoms with Crippen molar-refractivity contribution in [2.75, 3.05) is 5.32 Å². The number of hydrogen-bond acceptors (Lipinski definition) is 6. The standard InChI is InChI=1S/C23H23N5O3S/c1-23(2,3)14-8-6-13(7-9-14)17-12-32-21(25-17)26-19(29)16-11-10-15-18(24-16)27(4)22(31)28(5)20(15)30/h6-12H,1-5H3,(H,25,26,29). The molecule has 32 heavy (non-hydrogen) atoms. The second-order valence-corrected chi connectivity index (χ2v) is 9.45. The molecule has 0 radical (unpaired) electrons. The Balaban J connectivity index is 1.59. The number of amides is 1. The first-order chi connectivity index (χ1) is 15.1. The molecule has 3 heterocycles. The molecule has 1 aromatic carbocycles. The molecule has 4 rings (SSSR count). The van der Waals surface area contributed by atoms with E-state index in [0.29, 0.717) is 5.13 Å². The van der Waals surface area contributed by atoms with Gasteiger partial charge in [0.25, 0.3) is 11.5 Å². The van der Waals surface area contributed by atoms with Crippen LogP contribution in [0.1, 0.15) is 36.8 Å². The Morgan fingerprint density at radius 2 is 1.66 bits per heavy atom. The third kappa shape index (κ3) is 3.87. The van der Waals surface area contributed by atoms with Crippen LogP contribution in [-0.4, -0.2) is 25.0 Å². The quantitative estimate of drug-likeness (QED) is 0.517. The molecule has 0 bridgehead atoms. The lowest BCUT2D eigenvalue weighted by molar-refractivity contribution is 0.102. The largest absolute Gasteiger partial charge is 0.332 e. The number of fused-ring (bicyclic) bond motifs is 1. The normalized spacial score (nSPS) is 11.7. The minimum Gasteiger partial charge on any atom is -0.296 e. The highest BCUT2D eigenvalue weighted by Gasteiger charge is 2.16. The van der Waals surface area contributed by atoms with Crippen LogP contribution in [0.4, 0.5) is 5.13 Å². The number of anilines is 1. The first kappa shape index (κ1) is 21.6. The average molecular weight is 450 g/mol. The molecule has 0 fully saturated rings. The predicted molar refractivity (Wildman–Crippen MR) is 126 cm³/mol. The molecular formula is C23H23N5O3S. The van der Waals surface area contributed by atoms with E-state index >= 15 is 0 Å². The van der Waals surface area contributed by atoms with E-state index in [1.807, 2.05) is 17.5 Å². The molecule has 0 aliphatic carbocycles. The van der Waals surface area contributed by atoms with Crippen LogP contribution in [0.15, 0.2) is 51.4 Å². The summed E-state index contributed by atoms with van der Waals surface area (Å²) in [7, 11) is 2.91. The van der Waals surface area contributed by atoms with Crippen LogP contribution in [-0.2, 0) is 19.5 Å². The lowest BCUT2D eigenvalue weighted by Crippen LogP contribution is -2.37. The van der Waals surface area contributed by atoms with Gasteiger partial charge >= 0.3 is 5.69 Å². The first-order valence-electron chi connectivity index (χ1n) is 10.0. The Hall–Kier alpha value is -3.59. The van der Waals surface area contributed by atoms with Crippen molar-refractivity contribution in [1.29, 1.82) is 0 Å². The number of thiazole rings is 1. The topological polar surface area (TPSA) is 98.9 Å². The minimum atomic E-state index is -0.505. The SMILES string of the molecule is Cn1c(=O)c2ccc(C(=O)Nc3nc(-c4ccc(C(C)(C)C)cc4)cs3)nc2n(C)c1=O. The van der Waals surface area contributed by atoms with Gasteiger partial charge < -0.3 is 0 Å². The Morgan fingerprint density at radius 1 is 0.969 bits per heavy atom. The number of carbonyl (C=O) groups is 1. The number of benzene rings is 1. The molecule has 0 unspecified atom stereocenters. The highest BCUT2D eigenvalue weighted by atomic mass is 32.1. The lowest BCUT2D eigenvalue weighted by Gasteiger charge is -2.18. The summed E-state index contributed by atoms with van der Waals surface area (Å²) in [6.45, 7) is 6.49. The van der Waals surface area contributed by atoms with Gasteiger partial charge in [-0.2, -0.15) is 0 Å². The van der Waals surface area contributed by atoms with Crippen molar-refractivity contribution in [3.05, 3.63) is 73.9 Å². The van der Waals surface area contributed by atoms with Crippen molar-refractivity contribution in [3.63, 3.8) is 0 Å². The fourth-order valence-corrected chi connectivity index (χ4v) is 4.06. The summed E-state index contributed by atoms with van der Waals surface area (Å²) in [5.41, 5.74) is 2.32. The number of hydrogen-bond donors (Lipinski definition) is 1. The highest BCUT2D eigenvalue weighted by molar-refractivity contribution is 7.14. The molecule has 4 aromatic rings. The molecule has 0 atom stereocenters. The Kier molecular flexibility index (Phi) is 5.29. The fraction of sp³-hybridized carbons (Fsp3) is 0.261. The molecule has 9 heteroatoms. The van der Waals surface area contributed by atoms with Crippen molar-refractivity contribution in [1.82, 2.24) is 19.1 Å². The monoisotopic (exact) mass is 449 g/mol. The summed E-state index contributed by atoms with van der Waals surface area (Å²) in [6.07, 6.45) is 0. The first-order valence-corrected chi connectivity index (χ1v) is 10.9. The molecule has 1 amide bonds. The summed E-state index contributed by atoms with van der Waals surface area (Å²) >= 11 is 1.31. The Bertz CT molecular complexity index is 1460. The zero-order chi connectivity index (χ0) is 23.2. The third-order valence-electron chi connectivity index (χ3n) is 5.31. The van der Waals surface area contributed by atoms with Crippen molar-refractivity contribution >= 4 is 33.4 Å². The number of rotatable bonds is 3. The summed E-state index contributed by atoms with van der Waals surface area (Å²) < 4.78 is 2.26. The van der Waals surface area contributed by atoms with Gasteiger partial charge in [-0.25, -0.2) is 14.8 Å². The Labute approximate surface area is 188 Å². The van der Waals surface area contributed by atoms with Crippen molar-refractivity contribution < 1.29 is 4.79 Å². The van der Waals surface area contributed by atoms with Crippen LogP contribution in [0.3, 0.4) is 0 Å². The highest BCUT2D eigenvalue weighted by Crippen LogP contribution is 2.28. The Morgan fingerprint density at radius 3 is 2.31 bits per heavy atom. The van der Waals surface area contributed by atoms with Crippen LogP contribution < -0.4 is 16.6 Å². The van der Waals surface area contributed by atoms with Gasteiger partial charge in [-0.1, -0.05) is 45.0 Å². The number of nitrogens with one attached hydrogen (secondary N) is 1. The molecular weight excluding hydrogens is 426 g/mol. The van der Waals surface area contributed by atoms with E-state index in [2.05, 4.69) is 48.2 Å². The van der Waals surface area contributed by atoms with Gasteiger partial charge in [0.15, 0.2) is 5.13 Å². The summed E-state index contributed by atoms with van der Waals surface area (Å²) in [6, 6.07) is 11.2. The van der Waals surface area contributed by atoms with Gasteiger partial charge in [0, 0.05) is 25.0 Å². The molecule has 8 nitrogen and oxygen atoms in total. The van der Waals surface area contributed by atoms with Gasteiger partial charge in [-0.3, -0.25) is 24.0 Å². The zero-order valence-electron chi connectivity index (χ0n) is 18.5. The lowest BCUT2D eigenvalue weighted by atomic mass is 9.86. The third-order valence-corrected chi connectivity index (χ3v) is 6.06. The van der Waals surface area contributed by atoms with Gasteiger partial charge in [0.05, 0.1) is 11.1 Å². The van der Waals surface area contributed by atoms with E-state index in [9.17, 15) is 14.4 Å². The molecule has 3 aromatic heterocycles. The van der Waals surface area contributed by atoms with E-state index in [1.54, 1.807) is 0 Å². The molecule has 0 spiro atoms. The van der Waals surface area contributed by atoms with E-state index in [4.69, 9.17) is 0 Å². The van der Waals surface area contributed by atoms with Crippen LogP contribution in [0.5, 0.6) is 0 Å². The second-order valence-electron chi connectivity index (χ2n) is 8.59. The number of aromatic nitrogens is 4. The van der Waals surface area contributed by atoms with E-state index in [1.165, 1.54) is 47.7 Å². The average Bonchev–Trinajstić information content (AvgIpc) is 3.23. The minimum absolute atomic E-state index is 0.0698. The van der Waals surface area contributed by atoms with E-state index < -0.39 is 17.2 Å². The van der Waals surface area contributed by atoms with E-state index in [0.717, 1.165) is 15.8 Å². The molecule has 0 saturated carbocycles. The summed E-state index contributed by atoms with van der Waals surface area (Å²) in [5, 5.41) is 5.32. The van der Waals surface area contributed by atoms with Crippen molar-refractivity contribution in [2.45, 2.75) is 26.2 Å². The molecule has 0 aliphatic rings. The van der Waals surface area contributed by atoms with Gasteiger partial charge in [-0.05, 0) is 23.1 Å². The zero-order valence-corrected chi connectivity index (χ0v) is 19.3. The molecule has 0 saturated heterocycles. The van der Waals surface area contributed by atoms with Gasteiger partial charge in [0.1, 0.15) is 11.3 Å². The maximum absolute atomic E-state index is 12.7. The number of carbonyl (C=O) groups excluding carboxylic acids is 1. The maximum atomic E-state index is 12.7. The number of pyridine rings is 1. The van der Waals surface area contributed by atoms with Crippen LogP contribution in [0.2, 0.25) is 0 Å². The summed E-state index contributed by atoms with van der Waals surface area (Å²) in [4.78, 5) is 45.9. The van der Waals surface area contributed by atoms with Gasteiger partial charge in [-0.15, -0.1) is 11.3 Å². The molecule has 0 aliphatic heterocycles. The van der Waals surface area contributed by atoms with Crippen molar-refractivity contribution in [3.8, 4) is 11.3 Å². The van der Waals surface area contributed by atoms with E-state index in [-0.39, 0.29) is 22.1 Å². The van der Waals surface area contributed by atoms with Crippen LogP contribution in [0, 0.1) is 0 Å². The van der Waals surface area contributed by atoms with Gasteiger partial charge in [0.2, 0.25) is 0 Å². The van der Waals surface area contributed by atoms with Crippen LogP contribution >= 0.6 is 11.3 Å². The van der Waals surface area contributed by atoms with Crippen LogP contribution in [0.25, 0.3) is 22.3 Å².